The van der Waals surface area contributed by atoms with Crippen molar-refractivity contribution < 1.29 is 14.0 Å². The minimum Gasteiger partial charge on any atom is -0.349 e. The Kier molecular flexibility index (Phi) is 4.60. The van der Waals surface area contributed by atoms with E-state index >= 15 is 0 Å². The molecule has 0 saturated heterocycles. The lowest BCUT2D eigenvalue weighted by molar-refractivity contribution is 0.0950. The number of amides is 2. The number of anilines is 1. The minimum absolute atomic E-state index is 0.00243. The van der Waals surface area contributed by atoms with Crippen molar-refractivity contribution in [3.8, 4) is 5.69 Å². The van der Waals surface area contributed by atoms with Crippen molar-refractivity contribution in [1.82, 2.24) is 20.1 Å². The van der Waals surface area contributed by atoms with E-state index in [9.17, 15) is 14.0 Å². The Balaban J connectivity index is 1.45. The second kappa shape index (κ2) is 7.22. The zero-order chi connectivity index (χ0) is 19.7. The molecule has 1 heterocycles. The molecule has 1 aromatic heterocycles. The van der Waals surface area contributed by atoms with Gasteiger partial charge in [-0.2, -0.15) is 0 Å². The first-order chi connectivity index (χ1) is 13.5. The highest BCUT2D eigenvalue weighted by Crippen LogP contribution is 2.20. The molecule has 1 aliphatic rings. The lowest BCUT2D eigenvalue weighted by Crippen LogP contribution is -2.25. The highest BCUT2D eigenvalue weighted by atomic mass is 19.1. The molecule has 0 spiro atoms. The molecule has 8 heteroatoms. The number of aromatic nitrogens is 3. The molecule has 1 fully saturated rings. The molecule has 4 rings (SSSR count). The van der Waals surface area contributed by atoms with E-state index in [0.29, 0.717) is 22.8 Å². The lowest BCUT2D eigenvalue weighted by Gasteiger charge is -2.06. The van der Waals surface area contributed by atoms with E-state index in [1.165, 1.54) is 16.8 Å². The number of halogens is 1. The predicted octanol–water partition coefficient (Wildman–Crippen LogP) is 2.86. The van der Waals surface area contributed by atoms with Crippen molar-refractivity contribution in [3.05, 3.63) is 71.6 Å². The molecule has 7 nitrogen and oxygen atoms in total. The van der Waals surface area contributed by atoms with Crippen molar-refractivity contribution in [2.75, 3.05) is 5.32 Å². The maximum absolute atomic E-state index is 13.1. The molecule has 0 aliphatic heterocycles. The maximum atomic E-state index is 13.1. The van der Waals surface area contributed by atoms with Crippen molar-refractivity contribution in [1.29, 1.82) is 0 Å². The molecule has 142 valence electrons. The topological polar surface area (TPSA) is 88.9 Å². The van der Waals surface area contributed by atoms with Crippen LogP contribution in [0.2, 0.25) is 0 Å². The summed E-state index contributed by atoms with van der Waals surface area (Å²) in [6, 6.07) is 12.7. The van der Waals surface area contributed by atoms with Crippen LogP contribution >= 0.6 is 0 Å². The summed E-state index contributed by atoms with van der Waals surface area (Å²) in [5.41, 5.74) is 1.68. The van der Waals surface area contributed by atoms with E-state index in [0.717, 1.165) is 12.8 Å². The summed E-state index contributed by atoms with van der Waals surface area (Å²) in [5.74, 6) is -0.440. The van der Waals surface area contributed by atoms with Crippen molar-refractivity contribution in [2.24, 2.45) is 0 Å². The highest BCUT2D eigenvalue weighted by Gasteiger charge is 2.23. The Morgan fingerprint density at radius 3 is 2.36 bits per heavy atom. The van der Waals surface area contributed by atoms with E-state index in [4.69, 9.17) is 0 Å². The van der Waals surface area contributed by atoms with Crippen LogP contribution in [0.5, 0.6) is 0 Å². The first-order valence-corrected chi connectivity index (χ1v) is 8.91. The Morgan fingerprint density at radius 1 is 1.04 bits per heavy atom. The standard InChI is InChI=1S/C20H18FN5O2/c1-12-22-18(25-26(12)17-10-4-14(21)5-11-17)20(28)24-15-6-2-13(3-7-15)19(27)23-16-8-9-16/h2-7,10-11,16H,8-9H2,1H3,(H,23,27)(H,24,28). The highest BCUT2D eigenvalue weighted by molar-refractivity contribution is 6.02. The van der Waals surface area contributed by atoms with Crippen LogP contribution in [0, 0.1) is 12.7 Å². The van der Waals surface area contributed by atoms with E-state index < -0.39 is 5.91 Å². The molecule has 2 N–H and O–H groups in total. The van der Waals surface area contributed by atoms with E-state index in [2.05, 4.69) is 20.7 Å². The molecule has 28 heavy (non-hydrogen) atoms. The molecule has 1 aliphatic carbocycles. The van der Waals surface area contributed by atoms with Gasteiger partial charge in [0.25, 0.3) is 11.8 Å². The van der Waals surface area contributed by atoms with Gasteiger partial charge in [-0.1, -0.05) is 0 Å². The average Bonchev–Trinajstić information content (AvgIpc) is 3.42. The van der Waals surface area contributed by atoms with Gasteiger partial charge < -0.3 is 10.6 Å². The Morgan fingerprint density at radius 2 is 1.71 bits per heavy atom. The number of hydrogen-bond acceptors (Lipinski definition) is 4. The van der Waals surface area contributed by atoms with Gasteiger partial charge in [-0.15, -0.1) is 5.10 Å². The van der Waals surface area contributed by atoms with Crippen LogP contribution in [0.3, 0.4) is 0 Å². The molecule has 0 radical (unpaired) electrons. The second-order valence-corrected chi connectivity index (χ2v) is 6.65. The normalized spacial score (nSPS) is 13.2. The molecule has 0 unspecified atom stereocenters. The van der Waals surface area contributed by atoms with Crippen LogP contribution in [0.25, 0.3) is 5.69 Å². The molecule has 0 atom stereocenters. The summed E-state index contributed by atoms with van der Waals surface area (Å²) in [6.07, 6.45) is 2.05. The third-order valence-corrected chi connectivity index (χ3v) is 4.36. The first-order valence-electron chi connectivity index (χ1n) is 8.91. The van der Waals surface area contributed by atoms with Crippen molar-refractivity contribution in [2.45, 2.75) is 25.8 Å². The van der Waals surface area contributed by atoms with Crippen LogP contribution in [0.1, 0.15) is 39.6 Å². The zero-order valence-electron chi connectivity index (χ0n) is 15.1. The summed E-state index contributed by atoms with van der Waals surface area (Å²) in [7, 11) is 0. The summed E-state index contributed by atoms with van der Waals surface area (Å²) < 4.78 is 14.6. The Hall–Kier alpha value is -3.55. The number of rotatable bonds is 5. The molecular weight excluding hydrogens is 361 g/mol. The van der Waals surface area contributed by atoms with Crippen LogP contribution in [0.15, 0.2) is 48.5 Å². The fourth-order valence-corrected chi connectivity index (χ4v) is 2.70. The van der Waals surface area contributed by atoms with Gasteiger partial charge in [0.05, 0.1) is 5.69 Å². The van der Waals surface area contributed by atoms with Crippen LogP contribution in [-0.4, -0.2) is 32.6 Å². The van der Waals surface area contributed by atoms with Crippen LogP contribution in [0.4, 0.5) is 10.1 Å². The molecule has 1 saturated carbocycles. The Bertz CT molecular complexity index is 1020. The molecule has 3 aromatic rings. The van der Waals surface area contributed by atoms with Gasteiger partial charge >= 0.3 is 0 Å². The predicted molar refractivity (Wildman–Crippen MR) is 101 cm³/mol. The number of aryl methyl sites for hydroxylation is 1. The summed E-state index contributed by atoms with van der Waals surface area (Å²) in [5, 5.41) is 9.82. The molecule has 2 amide bonds. The minimum atomic E-state index is -0.473. The molecule has 2 aromatic carbocycles. The Labute approximate surface area is 160 Å². The van der Waals surface area contributed by atoms with Gasteiger partial charge in [-0.05, 0) is 68.3 Å². The van der Waals surface area contributed by atoms with E-state index in [-0.39, 0.29) is 23.6 Å². The third-order valence-electron chi connectivity index (χ3n) is 4.36. The van der Waals surface area contributed by atoms with Gasteiger partial charge in [0.2, 0.25) is 5.82 Å². The van der Waals surface area contributed by atoms with Gasteiger partial charge in [-0.25, -0.2) is 14.1 Å². The fourth-order valence-electron chi connectivity index (χ4n) is 2.70. The van der Waals surface area contributed by atoms with E-state index in [1.807, 2.05) is 0 Å². The van der Waals surface area contributed by atoms with E-state index in [1.54, 1.807) is 43.3 Å². The fraction of sp³-hybridized carbons (Fsp3) is 0.200. The molecule has 0 bridgehead atoms. The maximum Gasteiger partial charge on any atom is 0.295 e. The van der Waals surface area contributed by atoms with Gasteiger partial charge in [0, 0.05) is 17.3 Å². The average molecular weight is 379 g/mol. The van der Waals surface area contributed by atoms with Crippen LogP contribution in [-0.2, 0) is 0 Å². The second-order valence-electron chi connectivity index (χ2n) is 6.65. The van der Waals surface area contributed by atoms with Crippen LogP contribution < -0.4 is 10.6 Å². The number of benzene rings is 2. The number of nitrogens with one attached hydrogen (secondary N) is 2. The molecular formula is C20H18FN5O2. The van der Waals surface area contributed by atoms with Crippen molar-refractivity contribution in [3.63, 3.8) is 0 Å². The van der Waals surface area contributed by atoms with Gasteiger partial charge in [-0.3, -0.25) is 9.59 Å². The quantitative estimate of drug-likeness (QED) is 0.713. The summed E-state index contributed by atoms with van der Waals surface area (Å²) in [6.45, 7) is 1.71. The number of hydrogen-bond donors (Lipinski definition) is 2. The largest absolute Gasteiger partial charge is 0.349 e. The monoisotopic (exact) mass is 379 g/mol. The zero-order valence-corrected chi connectivity index (χ0v) is 15.1. The number of nitrogens with zero attached hydrogens (tertiary/aromatic N) is 3. The SMILES string of the molecule is Cc1nc(C(=O)Nc2ccc(C(=O)NC3CC3)cc2)nn1-c1ccc(F)cc1. The number of carbonyl (C=O) groups is 2. The lowest BCUT2D eigenvalue weighted by atomic mass is 10.2. The number of carbonyl (C=O) groups excluding carboxylic acids is 2. The first kappa shape index (κ1) is 17.8. The van der Waals surface area contributed by atoms with Crippen molar-refractivity contribution >= 4 is 17.5 Å². The smallest absolute Gasteiger partial charge is 0.295 e. The van der Waals surface area contributed by atoms with Gasteiger partial charge in [0.15, 0.2) is 0 Å². The summed E-state index contributed by atoms with van der Waals surface area (Å²) in [4.78, 5) is 28.6. The summed E-state index contributed by atoms with van der Waals surface area (Å²) >= 11 is 0. The van der Waals surface area contributed by atoms with Gasteiger partial charge in [0.1, 0.15) is 11.6 Å². The third kappa shape index (κ3) is 3.90.